The molecule has 1 amide bonds. The maximum atomic E-state index is 12.4. The molecule has 134 valence electrons. The van der Waals surface area contributed by atoms with Crippen LogP contribution < -0.4 is 5.32 Å². The van der Waals surface area contributed by atoms with Crippen LogP contribution in [0.1, 0.15) is 18.1 Å². The number of hydrogen-bond acceptors (Lipinski definition) is 5. The number of H-pyrrole nitrogens is 1. The van der Waals surface area contributed by atoms with E-state index in [0.29, 0.717) is 18.9 Å². The van der Waals surface area contributed by atoms with Gasteiger partial charge in [0.25, 0.3) is 0 Å². The molecule has 0 aliphatic rings. The number of carbonyl (C=O) groups excluding carboxylic acids is 1. The number of carbonyl (C=O) groups is 1. The van der Waals surface area contributed by atoms with Crippen molar-refractivity contribution in [3.63, 3.8) is 0 Å². The number of nitrogens with one attached hydrogen (secondary N) is 2. The van der Waals surface area contributed by atoms with Crippen LogP contribution in [0.25, 0.3) is 11.4 Å². The third kappa shape index (κ3) is 4.52. The van der Waals surface area contributed by atoms with Gasteiger partial charge in [0.05, 0.1) is 6.04 Å². The van der Waals surface area contributed by atoms with Gasteiger partial charge in [-0.2, -0.15) is 5.21 Å². The summed E-state index contributed by atoms with van der Waals surface area (Å²) >= 11 is 0. The van der Waals surface area contributed by atoms with Crippen molar-refractivity contribution in [3.8, 4) is 11.4 Å². The average Bonchev–Trinajstić information content (AvgIpc) is 3.21. The van der Waals surface area contributed by atoms with Gasteiger partial charge >= 0.3 is 0 Å². The summed E-state index contributed by atoms with van der Waals surface area (Å²) in [5.74, 6) is 0.564. The van der Waals surface area contributed by atoms with E-state index in [1.807, 2.05) is 73.5 Å². The summed E-state index contributed by atoms with van der Waals surface area (Å²) in [6, 6.07) is 17.6. The second-order valence-corrected chi connectivity index (χ2v) is 6.23. The number of tetrazole rings is 1. The van der Waals surface area contributed by atoms with Crippen LogP contribution in [0.15, 0.2) is 54.6 Å². The molecule has 0 bridgehead atoms. The molecular formula is C19H22N6O. The average molecular weight is 350 g/mol. The van der Waals surface area contributed by atoms with Crippen molar-refractivity contribution in [1.29, 1.82) is 0 Å². The maximum Gasteiger partial charge on any atom is 0.237 e. The first kappa shape index (κ1) is 17.8. The highest BCUT2D eigenvalue weighted by Gasteiger charge is 2.18. The number of nitrogens with zero attached hydrogens (tertiary/aromatic N) is 4. The largest absolute Gasteiger partial charge is 0.351 e. The summed E-state index contributed by atoms with van der Waals surface area (Å²) in [6.45, 7) is 3.08. The lowest BCUT2D eigenvalue weighted by Gasteiger charge is -2.24. The van der Waals surface area contributed by atoms with Crippen LogP contribution in [0.5, 0.6) is 0 Å². The molecule has 0 aliphatic carbocycles. The Bertz CT molecular complexity index is 834. The van der Waals surface area contributed by atoms with E-state index in [1.165, 1.54) is 0 Å². The van der Waals surface area contributed by atoms with Crippen LogP contribution in [0.3, 0.4) is 0 Å². The number of aromatic nitrogens is 4. The Kier molecular flexibility index (Phi) is 5.70. The molecule has 0 unspecified atom stereocenters. The molecule has 26 heavy (non-hydrogen) atoms. The first-order valence-corrected chi connectivity index (χ1v) is 8.48. The Hall–Kier alpha value is -3.06. The Morgan fingerprint density at radius 1 is 1.15 bits per heavy atom. The van der Waals surface area contributed by atoms with E-state index in [0.717, 1.165) is 16.7 Å². The molecular weight excluding hydrogens is 328 g/mol. The first-order valence-electron chi connectivity index (χ1n) is 8.48. The Balaban J connectivity index is 1.57. The van der Waals surface area contributed by atoms with E-state index < -0.39 is 0 Å². The van der Waals surface area contributed by atoms with Crippen molar-refractivity contribution < 1.29 is 4.79 Å². The number of aromatic amines is 1. The molecule has 3 rings (SSSR count). The van der Waals surface area contributed by atoms with Gasteiger partial charge in [-0.25, -0.2) is 0 Å². The summed E-state index contributed by atoms with van der Waals surface area (Å²) in [7, 11) is 1.94. The second-order valence-electron chi connectivity index (χ2n) is 6.23. The molecule has 0 radical (unpaired) electrons. The van der Waals surface area contributed by atoms with Gasteiger partial charge in [0.15, 0.2) is 0 Å². The molecule has 7 heteroatoms. The van der Waals surface area contributed by atoms with Crippen LogP contribution in [-0.4, -0.2) is 44.5 Å². The fraction of sp³-hybridized carbons (Fsp3) is 0.263. The van der Waals surface area contributed by atoms with Crippen molar-refractivity contribution >= 4 is 5.91 Å². The van der Waals surface area contributed by atoms with Gasteiger partial charge in [0, 0.05) is 18.7 Å². The maximum absolute atomic E-state index is 12.4. The Morgan fingerprint density at radius 3 is 2.65 bits per heavy atom. The van der Waals surface area contributed by atoms with Crippen LogP contribution in [0.4, 0.5) is 0 Å². The first-order chi connectivity index (χ1) is 12.6. The van der Waals surface area contributed by atoms with Crippen molar-refractivity contribution in [1.82, 2.24) is 30.8 Å². The standard InChI is InChI=1S/C19H22N6O/c1-14(19(26)20-12-15-7-4-3-5-8-15)25(2)13-16-9-6-10-17(11-16)18-21-23-24-22-18/h3-11,14H,12-13H2,1-2H3,(H,20,26)(H,21,22,23,24)/t14-/m1/s1. The summed E-state index contributed by atoms with van der Waals surface area (Å²) in [6.07, 6.45) is 0. The van der Waals surface area contributed by atoms with Crippen molar-refractivity contribution in [2.45, 2.75) is 26.1 Å². The number of benzene rings is 2. The highest BCUT2D eigenvalue weighted by atomic mass is 16.2. The third-order valence-electron chi connectivity index (χ3n) is 4.31. The normalized spacial score (nSPS) is 12.1. The third-order valence-corrected chi connectivity index (χ3v) is 4.31. The van der Waals surface area contributed by atoms with Crippen LogP contribution in [0.2, 0.25) is 0 Å². The molecule has 0 saturated heterocycles. The van der Waals surface area contributed by atoms with Gasteiger partial charge in [-0.3, -0.25) is 9.69 Å². The molecule has 7 nitrogen and oxygen atoms in total. The zero-order valence-corrected chi connectivity index (χ0v) is 14.9. The van der Waals surface area contributed by atoms with Crippen molar-refractivity contribution in [3.05, 3.63) is 65.7 Å². The summed E-state index contributed by atoms with van der Waals surface area (Å²) in [4.78, 5) is 14.4. The molecule has 0 fully saturated rings. The molecule has 0 saturated carbocycles. The van der Waals surface area contributed by atoms with Crippen molar-refractivity contribution in [2.24, 2.45) is 0 Å². The smallest absolute Gasteiger partial charge is 0.237 e. The number of hydrogen-bond donors (Lipinski definition) is 2. The van der Waals surface area contributed by atoms with Gasteiger partial charge in [0.2, 0.25) is 11.7 Å². The van der Waals surface area contributed by atoms with Gasteiger partial charge in [-0.1, -0.05) is 48.5 Å². The lowest BCUT2D eigenvalue weighted by atomic mass is 10.1. The molecule has 1 aromatic heterocycles. The van der Waals surface area contributed by atoms with E-state index >= 15 is 0 Å². The topological polar surface area (TPSA) is 86.8 Å². The van der Waals surface area contributed by atoms with Crippen LogP contribution in [0, 0.1) is 0 Å². The van der Waals surface area contributed by atoms with E-state index in [2.05, 4.69) is 25.9 Å². The summed E-state index contributed by atoms with van der Waals surface area (Å²) in [5, 5.41) is 17.0. The minimum Gasteiger partial charge on any atom is -0.351 e. The quantitative estimate of drug-likeness (QED) is 0.681. The molecule has 1 heterocycles. The van der Waals surface area contributed by atoms with E-state index in [-0.39, 0.29) is 11.9 Å². The molecule has 1 atom stereocenters. The lowest BCUT2D eigenvalue weighted by Crippen LogP contribution is -2.42. The summed E-state index contributed by atoms with van der Waals surface area (Å²) < 4.78 is 0. The fourth-order valence-electron chi connectivity index (χ4n) is 2.65. The van der Waals surface area contributed by atoms with E-state index in [1.54, 1.807) is 0 Å². The zero-order valence-electron chi connectivity index (χ0n) is 14.9. The lowest BCUT2D eigenvalue weighted by molar-refractivity contribution is -0.125. The molecule has 0 spiro atoms. The van der Waals surface area contributed by atoms with Gasteiger partial charge in [0.1, 0.15) is 0 Å². The SMILES string of the molecule is C[C@H](C(=O)NCc1ccccc1)N(C)Cc1cccc(-c2nn[nH]n2)c1. The predicted octanol–water partition coefficient (Wildman–Crippen LogP) is 2.00. The minimum absolute atomic E-state index is 0.00526. The van der Waals surface area contributed by atoms with Gasteiger partial charge in [-0.05, 0) is 36.4 Å². The second kappa shape index (κ2) is 8.35. The monoisotopic (exact) mass is 350 g/mol. The number of amides is 1. The fourth-order valence-corrected chi connectivity index (χ4v) is 2.65. The minimum atomic E-state index is -0.243. The van der Waals surface area contributed by atoms with Gasteiger partial charge in [-0.15, -0.1) is 10.2 Å². The Morgan fingerprint density at radius 2 is 1.92 bits per heavy atom. The van der Waals surface area contributed by atoms with Gasteiger partial charge < -0.3 is 5.32 Å². The number of rotatable bonds is 7. The van der Waals surface area contributed by atoms with Crippen LogP contribution >= 0.6 is 0 Å². The summed E-state index contributed by atoms with van der Waals surface area (Å²) in [5.41, 5.74) is 3.06. The van der Waals surface area contributed by atoms with Crippen molar-refractivity contribution in [2.75, 3.05) is 7.05 Å². The Labute approximate surface area is 152 Å². The molecule has 3 aromatic rings. The molecule has 2 N–H and O–H groups in total. The van der Waals surface area contributed by atoms with E-state index in [4.69, 9.17) is 0 Å². The highest BCUT2D eigenvalue weighted by Crippen LogP contribution is 2.16. The highest BCUT2D eigenvalue weighted by molar-refractivity contribution is 5.81. The molecule has 2 aromatic carbocycles. The molecule has 0 aliphatic heterocycles. The van der Waals surface area contributed by atoms with Crippen LogP contribution in [-0.2, 0) is 17.9 Å². The van der Waals surface area contributed by atoms with E-state index in [9.17, 15) is 4.79 Å². The predicted molar refractivity (Wildman–Crippen MR) is 98.8 cm³/mol. The number of likely N-dealkylation sites (N-methyl/N-ethyl adjacent to an activating group) is 1. The zero-order chi connectivity index (χ0) is 18.4.